The third-order valence-corrected chi connectivity index (χ3v) is 4.72. The van der Waals surface area contributed by atoms with Crippen molar-refractivity contribution >= 4 is 52.5 Å². The van der Waals surface area contributed by atoms with Gasteiger partial charge in [0.05, 0.1) is 27.0 Å². The molecular weight excluding hydrogens is 416 g/mol. The Morgan fingerprint density at radius 2 is 1.66 bits per heavy atom. The lowest BCUT2D eigenvalue weighted by molar-refractivity contribution is -0.122. The first-order chi connectivity index (χ1) is 13.9. The van der Waals surface area contributed by atoms with Gasteiger partial charge in [0.25, 0.3) is 11.8 Å². The lowest BCUT2D eigenvalue weighted by Crippen LogP contribution is -2.54. The van der Waals surface area contributed by atoms with Gasteiger partial charge < -0.3 is 14.2 Å². The highest BCUT2D eigenvalue weighted by molar-refractivity contribution is 7.80. The number of thiocarbonyl (C=S) groups is 1. The van der Waals surface area contributed by atoms with Gasteiger partial charge in [0.15, 0.2) is 16.6 Å². The van der Waals surface area contributed by atoms with Crippen LogP contribution in [0, 0.1) is 0 Å². The summed E-state index contributed by atoms with van der Waals surface area (Å²) in [6.07, 6.45) is 1.41. The summed E-state index contributed by atoms with van der Waals surface area (Å²) in [6.45, 7) is 0. The molecule has 0 atom stereocenters. The van der Waals surface area contributed by atoms with Gasteiger partial charge in [-0.15, -0.1) is 0 Å². The Bertz CT molecular complexity index is 1040. The van der Waals surface area contributed by atoms with Crippen molar-refractivity contribution in [1.29, 1.82) is 0 Å². The zero-order valence-electron chi connectivity index (χ0n) is 15.8. The number of nitrogens with one attached hydrogen (secondary N) is 1. The molecule has 0 spiro atoms. The van der Waals surface area contributed by atoms with Crippen LogP contribution in [0.4, 0.5) is 5.69 Å². The van der Waals surface area contributed by atoms with Crippen molar-refractivity contribution in [3.63, 3.8) is 0 Å². The van der Waals surface area contributed by atoms with E-state index in [1.165, 1.54) is 32.3 Å². The van der Waals surface area contributed by atoms with Gasteiger partial charge >= 0.3 is 0 Å². The summed E-state index contributed by atoms with van der Waals surface area (Å²) in [6, 6.07) is 9.83. The third-order valence-electron chi connectivity index (χ3n) is 4.20. The molecule has 1 aliphatic heterocycles. The van der Waals surface area contributed by atoms with Gasteiger partial charge in [0.2, 0.25) is 0 Å². The maximum atomic E-state index is 13.1. The molecule has 0 aliphatic carbocycles. The normalized spacial score (nSPS) is 15.4. The Hall–Kier alpha value is -3.10. The number of nitrogens with zero attached hydrogens (tertiary/aromatic N) is 1. The van der Waals surface area contributed by atoms with Crippen molar-refractivity contribution in [1.82, 2.24) is 5.32 Å². The number of ether oxygens (including phenoxy) is 3. The number of carbonyl (C=O) groups excluding carboxylic acids is 2. The Morgan fingerprint density at radius 1 is 1.00 bits per heavy atom. The predicted molar refractivity (Wildman–Crippen MR) is 114 cm³/mol. The minimum absolute atomic E-state index is 0.0290. The van der Waals surface area contributed by atoms with Crippen LogP contribution in [0.1, 0.15) is 5.56 Å². The van der Waals surface area contributed by atoms with E-state index >= 15 is 0 Å². The summed E-state index contributed by atoms with van der Waals surface area (Å²) in [4.78, 5) is 26.8. The maximum Gasteiger partial charge on any atom is 0.270 e. The summed E-state index contributed by atoms with van der Waals surface area (Å²) in [5.41, 5.74) is 0.782. The SMILES string of the molecule is COc1cc(OC)c(OC)cc1C=C1C(=O)NC(=S)N(c2cccc(Cl)c2)C1=O. The summed E-state index contributed by atoms with van der Waals surface area (Å²) < 4.78 is 15.9. The van der Waals surface area contributed by atoms with Gasteiger partial charge in [-0.2, -0.15) is 0 Å². The smallest absolute Gasteiger partial charge is 0.270 e. The van der Waals surface area contributed by atoms with Gasteiger partial charge in [-0.25, -0.2) is 0 Å². The molecule has 3 rings (SSSR count). The average molecular weight is 433 g/mol. The topological polar surface area (TPSA) is 77.1 Å². The summed E-state index contributed by atoms with van der Waals surface area (Å²) in [5, 5.41) is 2.93. The van der Waals surface area contributed by atoms with Crippen molar-refractivity contribution in [2.75, 3.05) is 26.2 Å². The van der Waals surface area contributed by atoms with E-state index in [9.17, 15) is 9.59 Å². The van der Waals surface area contributed by atoms with Gasteiger partial charge in [-0.3, -0.25) is 19.8 Å². The highest BCUT2D eigenvalue weighted by Crippen LogP contribution is 2.36. The monoisotopic (exact) mass is 432 g/mol. The van der Waals surface area contributed by atoms with Crippen LogP contribution in [0.15, 0.2) is 42.0 Å². The Balaban J connectivity index is 2.09. The van der Waals surface area contributed by atoms with Gasteiger partial charge in [-0.1, -0.05) is 17.7 Å². The van der Waals surface area contributed by atoms with E-state index in [2.05, 4.69) is 5.32 Å². The number of carbonyl (C=O) groups is 2. The molecule has 0 unspecified atom stereocenters. The van der Waals surface area contributed by atoms with E-state index in [4.69, 9.17) is 38.0 Å². The molecule has 1 N–H and O–H groups in total. The number of benzene rings is 2. The van der Waals surface area contributed by atoms with Gasteiger partial charge in [-0.05, 0) is 42.6 Å². The van der Waals surface area contributed by atoms with Crippen LogP contribution in [-0.4, -0.2) is 38.3 Å². The first-order valence-electron chi connectivity index (χ1n) is 8.36. The van der Waals surface area contributed by atoms with E-state index in [-0.39, 0.29) is 10.7 Å². The average Bonchev–Trinajstić information content (AvgIpc) is 2.70. The highest BCUT2D eigenvalue weighted by atomic mass is 35.5. The first kappa shape index (κ1) is 20.6. The summed E-state index contributed by atoms with van der Waals surface area (Å²) in [7, 11) is 4.45. The van der Waals surface area contributed by atoms with Crippen LogP contribution in [-0.2, 0) is 9.59 Å². The van der Waals surface area contributed by atoms with Crippen LogP contribution in [0.25, 0.3) is 6.08 Å². The molecule has 0 radical (unpaired) electrons. The molecule has 2 aromatic rings. The molecular formula is C20H17ClN2O5S. The van der Waals surface area contributed by atoms with Crippen molar-refractivity contribution in [2.24, 2.45) is 0 Å². The van der Waals surface area contributed by atoms with Crippen LogP contribution in [0.5, 0.6) is 17.2 Å². The van der Waals surface area contributed by atoms with E-state index in [0.29, 0.717) is 33.5 Å². The number of amides is 2. The zero-order chi connectivity index (χ0) is 21.1. The highest BCUT2D eigenvalue weighted by Gasteiger charge is 2.34. The molecule has 2 amide bonds. The van der Waals surface area contributed by atoms with Crippen LogP contribution < -0.4 is 24.4 Å². The number of methoxy groups -OCH3 is 3. The lowest BCUT2D eigenvalue weighted by Gasteiger charge is -2.29. The second-order valence-electron chi connectivity index (χ2n) is 5.89. The fourth-order valence-corrected chi connectivity index (χ4v) is 3.29. The first-order valence-corrected chi connectivity index (χ1v) is 9.15. The number of halogens is 1. The van der Waals surface area contributed by atoms with Crippen molar-refractivity contribution < 1.29 is 23.8 Å². The molecule has 1 saturated heterocycles. The fraction of sp³-hybridized carbons (Fsp3) is 0.150. The second kappa shape index (κ2) is 8.50. The quantitative estimate of drug-likeness (QED) is 0.444. The molecule has 0 aromatic heterocycles. The fourth-order valence-electron chi connectivity index (χ4n) is 2.83. The standard InChI is InChI=1S/C20H17ClN2O5S/c1-26-15-10-17(28-3)16(27-2)8-11(15)7-14-18(24)22-20(29)23(19(14)25)13-6-4-5-12(21)9-13/h4-10H,1-3H3,(H,22,24,29). The van der Waals surface area contributed by atoms with Crippen molar-refractivity contribution in [2.45, 2.75) is 0 Å². The zero-order valence-corrected chi connectivity index (χ0v) is 17.4. The number of anilines is 1. The molecule has 0 bridgehead atoms. The Labute approximate surface area is 177 Å². The predicted octanol–water partition coefficient (Wildman–Crippen LogP) is 3.20. The van der Waals surface area contributed by atoms with Crippen LogP contribution in [0.3, 0.4) is 0 Å². The largest absolute Gasteiger partial charge is 0.496 e. The molecule has 7 nitrogen and oxygen atoms in total. The van der Waals surface area contributed by atoms with Crippen molar-refractivity contribution in [3.8, 4) is 17.2 Å². The molecule has 150 valence electrons. The van der Waals surface area contributed by atoms with Crippen LogP contribution >= 0.6 is 23.8 Å². The number of hydrogen-bond acceptors (Lipinski definition) is 6. The van der Waals surface area contributed by atoms with E-state index < -0.39 is 11.8 Å². The molecule has 9 heteroatoms. The maximum absolute atomic E-state index is 13.1. The minimum atomic E-state index is -0.616. The van der Waals surface area contributed by atoms with Crippen molar-refractivity contribution in [3.05, 3.63) is 52.6 Å². The third kappa shape index (κ3) is 4.03. The molecule has 0 saturated carbocycles. The Kier molecular flexibility index (Phi) is 6.05. The number of hydrogen-bond donors (Lipinski definition) is 1. The lowest BCUT2D eigenvalue weighted by atomic mass is 10.1. The van der Waals surface area contributed by atoms with Crippen LogP contribution in [0.2, 0.25) is 5.02 Å². The van der Waals surface area contributed by atoms with E-state index in [1.54, 1.807) is 36.4 Å². The van der Waals surface area contributed by atoms with Gasteiger partial charge in [0.1, 0.15) is 11.3 Å². The molecule has 1 heterocycles. The molecule has 1 fully saturated rings. The molecule has 2 aromatic carbocycles. The Morgan fingerprint density at radius 3 is 2.28 bits per heavy atom. The molecule has 29 heavy (non-hydrogen) atoms. The van der Waals surface area contributed by atoms with E-state index in [0.717, 1.165) is 0 Å². The second-order valence-corrected chi connectivity index (χ2v) is 6.71. The minimum Gasteiger partial charge on any atom is -0.496 e. The van der Waals surface area contributed by atoms with E-state index in [1.807, 2.05) is 0 Å². The van der Waals surface area contributed by atoms with Gasteiger partial charge in [0, 0.05) is 16.7 Å². The number of rotatable bonds is 5. The summed E-state index contributed by atoms with van der Waals surface area (Å²) in [5.74, 6) is 0.0739. The summed E-state index contributed by atoms with van der Waals surface area (Å²) >= 11 is 11.2. The molecule has 1 aliphatic rings.